The van der Waals surface area contributed by atoms with Crippen molar-refractivity contribution in [1.29, 1.82) is 0 Å². The maximum absolute atomic E-state index is 4.27. The lowest BCUT2D eigenvalue weighted by molar-refractivity contribution is 0.667. The van der Waals surface area contributed by atoms with Crippen molar-refractivity contribution in [2.24, 2.45) is 0 Å². The SMILES string of the molecule is Brc1ccnc(CNCc2cc(Br)ccn2)c1. The molecule has 2 heterocycles. The molecule has 0 aliphatic heterocycles. The van der Waals surface area contributed by atoms with Crippen molar-refractivity contribution < 1.29 is 0 Å². The van der Waals surface area contributed by atoms with Crippen molar-refractivity contribution >= 4 is 31.9 Å². The van der Waals surface area contributed by atoms with Crippen molar-refractivity contribution in [3.05, 3.63) is 57.0 Å². The molecule has 0 fully saturated rings. The topological polar surface area (TPSA) is 37.8 Å². The van der Waals surface area contributed by atoms with Gasteiger partial charge in [0.15, 0.2) is 0 Å². The molecule has 0 spiro atoms. The van der Waals surface area contributed by atoms with E-state index in [4.69, 9.17) is 0 Å². The zero-order valence-corrected chi connectivity index (χ0v) is 12.2. The van der Waals surface area contributed by atoms with Crippen molar-refractivity contribution in [2.45, 2.75) is 13.1 Å². The van der Waals surface area contributed by atoms with Crippen LogP contribution in [-0.2, 0) is 13.1 Å². The Morgan fingerprint density at radius 3 is 1.76 bits per heavy atom. The summed E-state index contributed by atoms with van der Waals surface area (Å²) < 4.78 is 2.09. The van der Waals surface area contributed by atoms with Crippen molar-refractivity contribution in [2.75, 3.05) is 0 Å². The monoisotopic (exact) mass is 355 g/mol. The number of rotatable bonds is 4. The number of pyridine rings is 2. The van der Waals surface area contributed by atoms with Gasteiger partial charge in [-0.15, -0.1) is 0 Å². The molecule has 0 atom stereocenters. The van der Waals surface area contributed by atoms with Crippen LogP contribution in [0.4, 0.5) is 0 Å². The molecule has 0 saturated carbocycles. The van der Waals surface area contributed by atoms with Crippen LogP contribution in [0.3, 0.4) is 0 Å². The van der Waals surface area contributed by atoms with Crippen LogP contribution in [0.25, 0.3) is 0 Å². The van der Waals surface area contributed by atoms with E-state index in [1.165, 1.54) is 0 Å². The summed E-state index contributed by atoms with van der Waals surface area (Å²) in [5.74, 6) is 0. The van der Waals surface area contributed by atoms with Gasteiger partial charge >= 0.3 is 0 Å². The predicted molar refractivity (Wildman–Crippen MR) is 74.4 cm³/mol. The second-order valence-electron chi connectivity index (χ2n) is 3.53. The van der Waals surface area contributed by atoms with E-state index in [1.54, 1.807) is 12.4 Å². The average molecular weight is 357 g/mol. The summed E-state index contributed by atoms with van der Waals surface area (Å²) in [5, 5.41) is 3.31. The van der Waals surface area contributed by atoms with Gasteiger partial charge in [0.05, 0.1) is 11.4 Å². The van der Waals surface area contributed by atoms with E-state index < -0.39 is 0 Å². The van der Waals surface area contributed by atoms with Gasteiger partial charge in [-0.25, -0.2) is 0 Å². The quantitative estimate of drug-likeness (QED) is 0.913. The summed E-state index contributed by atoms with van der Waals surface area (Å²) in [5.41, 5.74) is 2.02. The first kappa shape index (κ1) is 12.7. The van der Waals surface area contributed by atoms with Gasteiger partial charge in [0.2, 0.25) is 0 Å². The second-order valence-corrected chi connectivity index (χ2v) is 5.37. The number of aromatic nitrogens is 2. The summed E-state index contributed by atoms with van der Waals surface area (Å²) in [6, 6.07) is 7.83. The highest BCUT2D eigenvalue weighted by Gasteiger charge is 1.98. The van der Waals surface area contributed by atoms with Gasteiger partial charge in [-0.1, -0.05) is 31.9 Å². The summed E-state index contributed by atoms with van der Waals surface area (Å²) in [7, 11) is 0. The standard InChI is InChI=1S/C12H11Br2N3/c13-9-1-3-16-11(5-9)7-15-8-12-6-10(14)2-4-17-12/h1-6,15H,7-8H2. The van der Waals surface area contributed by atoms with Crippen molar-refractivity contribution in [3.63, 3.8) is 0 Å². The highest BCUT2D eigenvalue weighted by Crippen LogP contribution is 2.10. The van der Waals surface area contributed by atoms with Crippen LogP contribution in [0.1, 0.15) is 11.4 Å². The zero-order valence-electron chi connectivity index (χ0n) is 9.03. The van der Waals surface area contributed by atoms with Gasteiger partial charge in [0, 0.05) is 34.4 Å². The summed E-state index contributed by atoms with van der Waals surface area (Å²) in [6.45, 7) is 1.46. The lowest BCUT2D eigenvalue weighted by atomic mass is 10.3. The van der Waals surface area contributed by atoms with Gasteiger partial charge in [0.25, 0.3) is 0 Å². The van der Waals surface area contributed by atoms with E-state index in [1.807, 2.05) is 24.3 Å². The lowest BCUT2D eigenvalue weighted by Gasteiger charge is -2.04. The smallest absolute Gasteiger partial charge is 0.0552 e. The van der Waals surface area contributed by atoms with Crippen molar-refractivity contribution in [3.8, 4) is 0 Å². The van der Waals surface area contributed by atoms with E-state index in [-0.39, 0.29) is 0 Å². The second kappa shape index (κ2) is 6.23. The highest BCUT2D eigenvalue weighted by molar-refractivity contribution is 9.10. The van der Waals surface area contributed by atoms with Crippen LogP contribution in [0.15, 0.2) is 45.6 Å². The summed E-state index contributed by atoms with van der Waals surface area (Å²) in [4.78, 5) is 8.53. The van der Waals surface area contributed by atoms with Crippen LogP contribution in [0, 0.1) is 0 Å². The Labute approximate surface area is 117 Å². The lowest BCUT2D eigenvalue weighted by Crippen LogP contribution is -2.14. The van der Waals surface area contributed by atoms with E-state index in [0.717, 1.165) is 33.4 Å². The maximum atomic E-state index is 4.27. The number of hydrogen-bond acceptors (Lipinski definition) is 3. The molecule has 2 rings (SSSR count). The molecule has 3 nitrogen and oxygen atoms in total. The molecule has 0 bridgehead atoms. The van der Waals surface area contributed by atoms with E-state index in [0.29, 0.717) is 0 Å². The predicted octanol–water partition coefficient (Wildman–Crippen LogP) is 3.29. The van der Waals surface area contributed by atoms with Gasteiger partial charge in [-0.3, -0.25) is 9.97 Å². The molecule has 2 aromatic heterocycles. The molecule has 0 saturated heterocycles. The largest absolute Gasteiger partial charge is 0.306 e. The highest BCUT2D eigenvalue weighted by atomic mass is 79.9. The third-order valence-electron chi connectivity index (χ3n) is 2.17. The third-order valence-corrected chi connectivity index (χ3v) is 3.16. The minimum absolute atomic E-state index is 0.730. The number of halogens is 2. The fourth-order valence-corrected chi connectivity index (χ4v) is 2.17. The first-order valence-corrected chi connectivity index (χ1v) is 6.74. The molecule has 0 aliphatic rings. The molecule has 17 heavy (non-hydrogen) atoms. The van der Waals surface area contributed by atoms with E-state index in [9.17, 15) is 0 Å². The molecule has 5 heteroatoms. The number of hydrogen-bond donors (Lipinski definition) is 1. The summed E-state index contributed by atoms with van der Waals surface area (Å²) in [6.07, 6.45) is 3.58. The van der Waals surface area contributed by atoms with Crippen LogP contribution in [0.2, 0.25) is 0 Å². The Hall–Kier alpha value is -0.780. The average Bonchev–Trinajstić information content (AvgIpc) is 2.29. The Bertz CT molecular complexity index is 457. The molecule has 1 N–H and O–H groups in total. The molecule has 0 amide bonds. The minimum Gasteiger partial charge on any atom is -0.306 e. The molecule has 2 aromatic rings. The molecule has 0 radical (unpaired) electrons. The first-order valence-electron chi connectivity index (χ1n) is 5.15. The molecule has 0 unspecified atom stereocenters. The van der Waals surface area contributed by atoms with Crippen LogP contribution in [-0.4, -0.2) is 9.97 Å². The van der Waals surface area contributed by atoms with Crippen LogP contribution in [0.5, 0.6) is 0 Å². The molecule has 0 aliphatic carbocycles. The normalized spacial score (nSPS) is 10.5. The molecular weight excluding hydrogens is 346 g/mol. The Morgan fingerprint density at radius 2 is 1.35 bits per heavy atom. The molecular formula is C12H11Br2N3. The van der Waals surface area contributed by atoms with Crippen LogP contribution >= 0.6 is 31.9 Å². The van der Waals surface area contributed by atoms with Crippen molar-refractivity contribution in [1.82, 2.24) is 15.3 Å². The summed E-state index contributed by atoms with van der Waals surface area (Å²) >= 11 is 6.84. The first-order chi connectivity index (χ1) is 8.24. The minimum atomic E-state index is 0.730. The Morgan fingerprint density at radius 1 is 0.882 bits per heavy atom. The third kappa shape index (κ3) is 4.18. The Kier molecular flexibility index (Phi) is 4.65. The molecule has 0 aromatic carbocycles. The number of nitrogens with one attached hydrogen (secondary N) is 1. The zero-order chi connectivity index (χ0) is 12.1. The van der Waals surface area contributed by atoms with Crippen LogP contribution < -0.4 is 5.32 Å². The van der Waals surface area contributed by atoms with E-state index >= 15 is 0 Å². The van der Waals surface area contributed by atoms with Gasteiger partial charge in [0.1, 0.15) is 0 Å². The van der Waals surface area contributed by atoms with Gasteiger partial charge < -0.3 is 5.32 Å². The number of nitrogens with zero attached hydrogens (tertiary/aromatic N) is 2. The fraction of sp³-hybridized carbons (Fsp3) is 0.167. The van der Waals surface area contributed by atoms with Gasteiger partial charge in [-0.2, -0.15) is 0 Å². The molecule has 88 valence electrons. The van der Waals surface area contributed by atoms with E-state index in [2.05, 4.69) is 47.1 Å². The fourth-order valence-electron chi connectivity index (χ4n) is 1.41. The maximum Gasteiger partial charge on any atom is 0.0552 e. The van der Waals surface area contributed by atoms with Gasteiger partial charge in [-0.05, 0) is 24.3 Å². The Balaban J connectivity index is 1.87.